The number of halogens is 1. The molecule has 0 atom stereocenters. The number of hydrogen-bond acceptors (Lipinski definition) is 2. The quantitative estimate of drug-likeness (QED) is 0.528. The van der Waals surface area contributed by atoms with Crippen molar-refractivity contribution < 1.29 is 9.53 Å². The molecule has 0 heterocycles. The summed E-state index contributed by atoms with van der Waals surface area (Å²) in [5.74, 6) is 2.33. The van der Waals surface area contributed by atoms with Crippen molar-refractivity contribution in [2.45, 2.75) is 26.2 Å². The highest BCUT2D eigenvalue weighted by molar-refractivity contribution is 9.09. The number of ether oxygens (including phenoxy) is 1. The average Bonchev–Trinajstić information content (AvgIpc) is 2.74. The first-order valence-corrected chi connectivity index (χ1v) is 5.11. The Labute approximate surface area is 75.4 Å². The van der Waals surface area contributed by atoms with E-state index in [1.54, 1.807) is 19.8 Å². The van der Waals surface area contributed by atoms with E-state index >= 15 is 0 Å². The van der Waals surface area contributed by atoms with Crippen LogP contribution in [0.25, 0.3) is 0 Å². The summed E-state index contributed by atoms with van der Waals surface area (Å²) in [4.78, 5) is 10.2. The normalized spacial score (nSPS) is 29.3. The number of carbonyl (C=O) groups excluding carboxylic acids is 1. The molecule has 3 heteroatoms. The van der Waals surface area contributed by atoms with Gasteiger partial charge in [0.25, 0.3) is 0 Å². The van der Waals surface area contributed by atoms with E-state index < -0.39 is 0 Å². The van der Waals surface area contributed by atoms with Gasteiger partial charge < -0.3 is 4.74 Å². The molecule has 0 aromatic heterocycles. The van der Waals surface area contributed by atoms with Crippen LogP contribution in [0.2, 0.25) is 0 Å². The molecule has 2 fully saturated rings. The number of hydrogen-bond donors (Lipinski definition) is 0. The van der Waals surface area contributed by atoms with Gasteiger partial charge in [-0.3, -0.25) is 4.79 Å². The molecule has 0 aromatic rings. The predicted octanol–water partition coefficient (Wildman–Crippen LogP) is 2.32. The molecule has 0 unspecified atom stereocenters. The van der Waals surface area contributed by atoms with E-state index in [1.807, 2.05) is 0 Å². The number of esters is 1. The Morgan fingerprint density at radius 3 is 2.09 bits per heavy atom. The highest BCUT2D eigenvalue weighted by Crippen LogP contribution is 2.62. The van der Waals surface area contributed by atoms with Gasteiger partial charge in [-0.05, 0) is 40.6 Å². The third-order valence-electron chi connectivity index (χ3n) is 1.98. The minimum Gasteiger partial charge on any atom is -0.454 e. The zero-order valence-corrected chi connectivity index (χ0v) is 8.26. The van der Waals surface area contributed by atoms with Crippen LogP contribution in [-0.2, 0) is 9.53 Å². The van der Waals surface area contributed by atoms with E-state index in [2.05, 4.69) is 20.7 Å². The third kappa shape index (κ3) is 3.75. The minimum absolute atomic E-state index is 0.170. The summed E-state index contributed by atoms with van der Waals surface area (Å²) >= 11 is 2.95. The standard InChI is InChI=1S/C4H7BrO2.C4H6/c1-2-4(6)7-3-5;1-3-2-4(1)3/h2-3H2,1H3;3-4H,1-2H2. The fourth-order valence-corrected chi connectivity index (χ4v) is 0.970. The summed E-state index contributed by atoms with van der Waals surface area (Å²) in [6.45, 7) is 1.75. The molecule has 2 saturated carbocycles. The highest BCUT2D eigenvalue weighted by Gasteiger charge is 2.52. The lowest BCUT2D eigenvalue weighted by molar-refractivity contribution is -0.140. The van der Waals surface area contributed by atoms with Gasteiger partial charge in [0.2, 0.25) is 0 Å². The Kier molecular flexibility index (Phi) is 3.37. The van der Waals surface area contributed by atoms with Crippen LogP contribution < -0.4 is 0 Å². The Morgan fingerprint density at radius 2 is 2.00 bits per heavy atom. The van der Waals surface area contributed by atoms with Gasteiger partial charge in [-0.25, -0.2) is 0 Å². The van der Waals surface area contributed by atoms with Gasteiger partial charge in [0.1, 0.15) is 5.52 Å². The fourth-order valence-electron chi connectivity index (χ4n) is 0.714. The smallest absolute Gasteiger partial charge is 0.306 e. The van der Waals surface area contributed by atoms with Gasteiger partial charge >= 0.3 is 5.97 Å². The maximum Gasteiger partial charge on any atom is 0.306 e. The van der Waals surface area contributed by atoms with Crippen LogP contribution in [0, 0.1) is 11.8 Å². The first kappa shape index (κ1) is 9.04. The molecule has 2 aliphatic rings. The van der Waals surface area contributed by atoms with Gasteiger partial charge in [-0.2, -0.15) is 0 Å². The van der Waals surface area contributed by atoms with E-state index in [1.165, 1.54) is 11.8 Å². The molecule has 0 aliphatic heterocycles. The third-order valence-corrected chi connectivity index (χ3v) is 2.20. The largest absolute Gasteiger partial charge is 0.454 e. The zero-order chi connectivity index (χ0) is 8.27. The molecular formula is C8H13BrO2. The lowest BCUT2D eigenvalue weighted by Crippen LogP contribution is -1.98. The second-order valence-corrected chi connectivity index (χ2v) is 3.43. The Bertz CT molecular complexity index is 135. The summed E-state index contributed by atoms with van der Waals surface area (Å²) in [5, 5.41) is 0. The van der Waals surface area contributed by atoms with Crippen molar-refractivity contribution in [2.75, 3.05) is 5.52 Å². The lowest BCUT2D eigenvalue weighted by atomic mass is 10.5. The van der Waals surface area contributed by atoms with Crippen LogP contribution in [0.1, 0.15) is 26.2 Å². The van der Waals surface area contributed by atoms with Gasteiger partial charge in [-0.15, -0.1) is 0 Å². The van der Waals surface area contributed by atoms with Crippen molar-refractivity contribution in [3.05, 3.63) is 0 Å². The Morgan fingerprint density at radius 1 is 1.55 bits per heavy atom. The van der Waals surface area contributed by atoms with Gasteiger partial charge in [0, 0.05) is 6.42 Å². The van der Waals surface area contributed by atoms with Crippen molar-refractivity contribution in [1.29, 1.82) is 0 Å². The molecule has 64 valence electrons. The van der Waals surface area contributed by atoms with Gasteiger partial charge in [0.05, 0.1) is 0 Å². The molecule has 11 heavy (non-hydrogen) atoms. The minimum atomic E-state index is -0.170. The van der Waals surface area contributed by atoms with Gasteiger partial charge in [-0.1, -0.05) is 6.92 Å². The van der Waals surface area contributed by atoms with Crippen molar-refractivity contribution in [3.8, 4) is 0 Å². The molecule has 0 radical (unpaired) electrons. The lowest BCUT2D eigenvalue weighted by Gasteiger charge is -1.92. The number of rotatable bonds is 2. The van der Waals surface area contributed by atoms with Crippen molar-refractivity contribution in [1.82, 2.24) is 0 Å². The maximum absolute atomic E-state index is 10.2. The van der Waals surface area contributed by atoms with Crippen LogP contribution >= 0.6 is 15.9 Å². The average molecular weight is 221 g/mol. The monoisotopic (exact) mass is 220 g/mol. The SMILES string of the molecule is C1C2CC12.CCC(=O)OCBr. The topological polar surface area (TPSA) is 26.3 Å². The molecule has 0 spiro atoms. The summed E-state index contributed by atoms with van der Waals surface area (Å²) < 4.78 is 4.47. The van der Waals surface area contributed by atoms with Gasteiger partial charge in [0.15, 0.2) is 0 Å². The Hall–Kier alpha value is -0.0500. The molecule has 0 saturated heterocycles. The second kappa shape index (κ2) is 4.10. The molecule has 0 aromatic carbocycles. The fraction of sp³-hybridized carbons (Fsp3) is 0.875. The molecular weight excluding hydrogens is 208 g/mol. The molecule has 0 bridgehead atoms. The number of fused-ring (bicyclic) bond motifs is 1. The maximum atomic E-state index is 10.2. The first-order valence-electron chi connectivity index (χ1n) is 3.99. The molecule has 2 aliphatic carbocycles. The predicted molar refractivity (Wildman–Crippen MR) is 46.4 cm³/mol. The Balaban J connectivity index is 0.000000122. The second-order valence-electron chi connectivity index (χ2n) is 2.97. The van der Waals surface area contributed by atoms with Crippen molar-refractivity contribution >= 4 is 21.9 Å². The van der Waals surface area contributed by atoms with Crippen LogP contribution in [0.15, 0.2) is 0 Å². The molecule has 2 nitrogen and oxygen atoms in total. The molecule has 2 rings (SSSR count). The van der Waals surface area contributed by atoms with Crippen LogP contribution in [0.3, 0.4) is 0 Å². The van der Waals surface area contributed by atoms with E-state index in [0.29, 0.717) is 11.9 Å². The first-order chi connectivity index (χ1) is 5.27. The van der Waals surface area contributed by atoms with E-state index in [-0.39, 0.29) is 5.97 Å². The highest BCUT2D eigenvalue weighted by atomic mass is 79.9. The van der Waals surface area contributed by atoms with Crippen molar-refractivity contribution in [2.24, 2.45) is 11.8 Å². The van der Waals surface area contributed by atoms with E-state index in [9.17, 15) is 4.79 Å². The summed E-state index contributed by atoms with van der Waals surface area (Å²) in [5.41, 5.74) is 0.305. The van der Waals surface area contributed by atoms with Crippen LogP contribution in [0.5, 0.6) is 0 Å². The summed E-state index contributed by atoms with van der Waals surface area (Å²) in [6, 6.07) is 0. The summed E-state index contributed by atoms with van der Waals surface area (Å²) in [7, 11) is 0. The molecule has 0 amide bonds. The number of carbonyl (C=O) groups is 1. The molecule has 0 N–H and O–H groups in total. The van der Waals surface area contributed by atoms with Crippen LogP contribution in [-0.4, -0.2) is 11.5 Å². The van der Waals surface area contributed by atoms with E-state index in [4.69, 9.17) is 0 Å². The number of alkyl halides is 1. The van der Waals surface area contributed by atoms with Crippen molar-refractivity contribution in [3.63, 3.8) is 0 Å². The van der Waals surface area contributed by atoms with Crippen LogP contribution in [0.4, 0.5) is 0 Å². The summed E-state index contributed by atoms with van der Waals surface area (Å²) in [6.07, 6.45) is 3.62. The zero-order valence-electron chi connectivity index (χ0n) is 6.68. The van der Waals surface area contributed by atoms with E-state index in [0.717, 1.165) is 0 Å².